The van der Waals surface area contributed by atoms with Crippen molar-refractivity contribution in [2.75, 3.05) is 19.1 Å². The summed E-state index contributed by atoms with van der Waals surface area (Å²) in [5.41, 5.74) is 1.83. The highest BCUT2D eigenvalue weighted by Gasteiger charge is 2.26. The maximum atomic E-state index is 13.9. The van der Waals surface area contributed by atoms with Gasteiger partial charge >= 0.3 is 0 Å². The first kappa shape index (κ1) is 23.0. The van der Waals surface area contributed by atoms with Crippen molar-refractivity contribution in [1.29, 1.82) is 0 Å². The van der Waals surface area contributed by atoms with Gasteiger partial charge in [-0.05, 0) is 36.4 Å². The fraction of sp³-hybridized carbons (Fsp3) is 0.115. The molecule has 0 unspecified atom stereocenters. The number of carbonyl (C=O) groups is 1. The Hall–Kier alpha value is -3.81. The van der Waals surface area contributed by atoms with Crippen LogP contribution in [0, 0.1) is 0 Å². The van der Waals surface area contributed by atoms with E-state index >= 15 is 0 Å². The number of amides is 1. The Labute approximate surface area is 210 Å². The van der Waals surface area contributed by atoms with Gasteiger partial charge in [0.1, 0.15) is 11.3 Å². The Balaban J connectivity index is 1.84. The van der Waals surface area contributed by atoms with Crippen LogP contribution in [0.25, 0.3) is 27.5 Å². The number of aryl methyl sites for hydroxylation is 1. The van der Waals surface area contributed by atoms with E-state index in [0.717, 1.165) is 10.9 Å². The molecule has 5 aromatic rings. The molecule has 2 aromatic heterocycles. The molecular formula is C26H20Cl2N4O3. The number of hydrogen-bond donors (Lipinski definition) is 0. The lowest BCUT2D eigenvalue weighted by Gasteiger charge is -2.19. The zero-order valence-corrected chi connectivity index (χ0v) is 20.6. The third-order valence-electron chi connectivity index (χ3n) is 6.04. The van der Waals surface area contributed by atoms with E-state index in [1.807, 2.05) is 24.3 Å². The van der Waals surface area contributed by atoms with E-state index in [-0.39, 0.29) is 11.3 Å². The normalized spacial score (nSPS) is 11.2. The Bertz CT molecular complexity index is 1690. The van der Waals surface area contributed by atoms with Crippen molar-refractivity contribution in [2.24, 2.45) is 7.05 Å². The van der Waals surface area contributed by atoms with E-state index in [9.17, 15) is 9.59 Å². The molecule has 0 N–H and O–H groups in total. The minimum Gasteiger partial charge on any atom is -0.495 e. The summed E-state index contributed by atoms with van der Waals surface area (Å²) in [7, 11) is 4.93. The van der Waals surface area contributed by atoms with Crippen LogP contribution in [0.3, 0.4) is 0 Å². The monoisotopic (exact) mass is 506 g/mol. The van der Waals surface area contributed by atoms with Crippen LogP contribution < -0.4 is 15.2 Å². The first-order chi connectivity index (χ1) is 16.8. The molecule has 0 atom stereocenters. The molecule has 0 saturated carbocycles. The molecule has 35 heavy (non-hydrogen) atoms. The summed E-state index contributed by atoms with van der Waals surface area (Å²) in [4.78, 5) is 29.0. The number of halogens is 2. The van der Waals surface area contributed by atoms with Crippen molar-refractivity contribution in [1.82, 2.24) is 14.3 Å². The fourth-order valence-electron chi connectivity index (χ4n) is 4.28. The van der Waals surface area contributed by atoms with E-state index < -0.39 is 5.91 Å². The molecule has 0 aliphatic carbocycles. The van der Waals surface area contributed by atoms with Gasteiger partial charge in [0.15, 0.2) is 5.69 Å². The number of carbonyl (C=O) groups excluding carboxylic acids is 1. The smallest absolute Gasteiger partial charge is 0.296 e. The van der Waals surface area contributed by atoms with Crippen LogP contribution in [0.4, 0.5) is 5.69 Å². The SMILES string of the molecule is COc1ccc(-n2nc(C(=O)N(C)c3ccccc3Cl)c3c4ccccc4n(C)c3c2=O)cc1Cl. The number of hydrogen-bond acceptors (Lipinski definition) is 4. The van der Waals surface area contributed by atoms with Crippen molar-refractivity contribution < 1.29 is 9.53 Å². The molecule has 2 heterocycles. The van der Waals surface area contributed by atoms with Crippen LogP contribution in [-0.2, 0) is 7.05 Å². The van der Waals surface area contributed by atoms with Crippen LogP contribution in [0.5, 0.6) is 5.75 Å². The maximum absolute atomic E-state index is 13.9. The van der Waals surface area contributed by atoms with Crippen molar-refractivity contribution in [3.63, 3.8) is 0 Å². The van der Waals surface area contributed by atoms with Crippen molar-refractivity contribution >= 4 is 56.6 Å². The fourth-order valence-corrected chi connectivity index (χ4v) is 4.80. The Morgan fingerprint density at radius 2 is 1.71 bits per heavy atom. The molecule has 0 bridgehead atoms. The topological polar surface area (TPSA) is 69.4 Å². The first-order valence-corrected chi connectivity index (χ1v) is 11.5. The van der Waals surface area contributed by atoms with Gasteiger partial charge in [0.05, 0.1) is 28.5 Å². The number of para-hydroxylation sites is 2. The summed E-state index contributed by atoms with van der Waals surface area (Å²) >= 11 is 12.7. The van der Waals surface area contributed by atoms with Gasteiger partial charge in [-0.25, -0.2) is 0 Å². The molecule has 9 heteroatoms. The standard InChI is InChI=1S/C26H20Cl2N4O3/c1-30-19-10-6-4-8-16(19)22-23(25(33)31(2)20-11-7-5-9-17(20)27)29-32(26(34)24(22)30)15-12-13-21(35-3)18(28)14-15/h4-14H,1-3H3. The number of aromatic nitrogens is 3. The summed E-state index contributed by atoms with van der Waals surface area (Å²) in [5, 5.41) is 6.54. The molecular weight excluding hydrogens is 487 g/mol. The predicted octanol–water partition coefficient (Wildman–Crippen LogP) is 5.47. The molecule has 0 aliphatic heterocycles. The number of benzene rings is 3. The van der Waals surface area contributed by atoms with E-state index in [1.165, 1.54) is 16.7 Å². The first-order valence-electron chi connectivity index (χ1n) is 10.7. The second kappa shape index (κ2) is 8.76. The van der Waals surface area contributed by atoms with Gasteiger partial charge in [-0.15, -0.1) is 0 Å². The highest BCUT2D eigenvalue weighted by Crippen LogP contribution is 2.32. The number of methoxy groups -OCH3 is 1. The third-order valence-corrected chi connectivity index (χ3v) is 6.65. The average Bonchev–Trinajstić information content (AvgIpc) is 3.17. The minimum absolute atomic E-state index is 0.116. The number of anilines is 1. The summed E-state index contributed by atoms with van der Waals surface area (Å²) in [6.07, 6.45) is 0. The number of nitrogens with zero attached hydrogens (tertiary/aromatic N) is 4. The lowest BCUT2D eigenvalue weighted by Crippen LogP contribution is -2.32. The lowest BCUT2D eigenvalue weighted by molar-refractivity contribution is 0.0988. The van der Waals surface area contributed by atoms with Crippen molar-refractivity contribution in [3.8, 4) is 11.4 Å². The molecule has 5 rings (SSSR count). The highest BCUT2D eigenvalue weighted by molar-refractivity contribution is 6.34. The minimum atomic E-state index is -0.409. The largest absolute Gasteiger partial charge is 0.495 e. The van der Waals surface area contributed by atoms with Gasteiger partial charge in [0, 0.05) is 30.4 Å². The number of rotatable bonds is 4. The van der Waals surface area contributed by atoms with E-state index in [2.05, 4.69) is 5.10 Å². The summed E-state index contributed by atoms with van der Waals surface area (Å²) < 4.78 is 8.21. The van der Waals surface area contributed by atoms with E-state index in [4.69, 9.17) is 27.9 Å². The summed E-state index contributed by atoms with van der Waals surface area (Å²) in [6.45, 7) is 0. The van der Waals surface area contributed by atoms with Crippen molar-refractivity contribution in [2.45, 2.75) is 0 Å². The van der Waals surface area contributed by atoms with Gasteiger partial charge in [-0.1, -0.05) is 53.5 Å². The summed E-state index contributed by atoms with van der Waals surface area (Å²) in [5.74, 6) is 0.0525. The molecule has 0 radical (unpaired) electrons. The Kier molecular flexibility index (Phi) is 5.75. The third kappa shape index (κ3) is 3.64. The second-order valence-electron chi connectivity index (χ2n) is 8.00. The highest BCUT2D eigenvalue weighted by atomic mass is 35.5. The molecule has 0 aliphatic rings. The number of ether oxygens (including phenoxy) is 1. The lowest BCUT2D eigenvalue weighted by atomic mass is 10.1. The molecule has 1 amide bonds. The summed E-state index contributed by atoms with van der Waals surface area (Å²) in [6, 6.07) is 19.5. The van der Waals surface area contributed by atoms with Crippen LogP contribution in [0.2, 0.25) is 10.0 Å². The van der Waals surface area contributed by atoms with Crippen LogP contribution in [0.1, 0.15) is 10.5 Å². The van der Waals surface area contributed by atoms with Crippen LogP contribution in [0.15, 0.2) is 71.5 Å². The van der Waals surface area contributed by atoms with Gasteiger partial charge < -0.3 is 14.2 Å². The maximum Gasteiger partial charge on any atom is 0.296 e. The molecule has 0 spiro atoms. The Morgan fingerprint density at radius 3 is 2.43 bits per heavy atom. The second-order valence-corrected chi connectivity index (χ2v) is 8.81. The van der Waals surface area contributed by atoms with Crippen LogP contribution >= 0.6 is 23.2 Å². The molecule has 7 nitrogen and oxygen atoms in total. The zero-order valence-electron chi connectivity index (χ0n) is 19.1. The van der Waals surface area contributed by atoms with Gasteiger partial charge in [0.2, 0.25) is 0 Å². The van der Waals surface area contributed by atoms with Gasteiger partial charge in [-0.2, -0.15) is 9.78 Å². The quantitative estimate of drug-likeness (QED) is 0.324. The van der Waals surface area contributed by atoms with Gasteiger partial charge in [0.25, 0.3) is 11.5 Å². The molecule has 0 saturated heterocycles. The Morgan fingerprint density at radius 1 is 1.00 bits per heavy atom. The van der Waals surface area contributed by atoms with Crippen LogP contribution in [-0.4, -0.2) is 34.4 Å². The van der Waals surface area contributed by atoms with E-state index in [1.54, 1.807) is 61.1 Å². The van der Waals surface area contributed by atoms with E-state index in [0.29, 0.717) is 38.1 Å². The molecule has 0 fully saturated rings. The van der Waals surface area contributed by atoms with Crippen molar-refractivity contribution in [3.05, 3.63) is 92.8 Å². The molecule has 176 valence electrons. The predicted molar refractivity (Wildman–Crippen MR) is 140 cm³/mol. The molecule has 3 aromatic carbocycles. The van der Waals surface area contributed by atoms with Gasteiger partial charge in [-0.3, -0.25) is 9.59 Å². The average molecular weight is 507 g/mol. The number of fused-ring (bicyclic) bond motifs is 3. The zero-order chi connectivity index (χ0) is 24.9.